The maximum Gasteiger partial charge on any atom is 0.361 e. The van der Waals surface area contributed by atoms with Gasteiger partial charge in [-0.2, -0.15) is 0 Å². The summed E-state index contributed by atoms with van der Waals surface area (Å²) in [6.07, 6.45) is 0. The Morgan fingerprint density at radius 1 is 1.24 bits per heavy atom. The topological polar surface area (TPSA) is 52.3 Å². The molecule has 3 rings (SSSR count). The highest BCUT2D eigenvalue weighted by atomic mass is 32.1. The molecule has 0 N–H and O–H groups in total. The molecule has 5 heteroatoms. The van der Waals surface area contributed by atoms with Gasteiger partial charge in [-0.25, -0.2) is 9.78 Å². The zero-order valence-electron chi connectivity index (χ0n) is 11.4. The average molecular weight is 299 g/mol. The van der Waals surface area contributed by atoms with Gasteiger partial charge >= 0.3 is 5.97 Å². The number of nitrogens with zero attached hydrogens (tertiary/aromatic N) is 1. The molecule has 21 heavy (non-hydrogen) atoms. The molecular formula is C16H13NO3S. The second-order valence-electron chi connectivity index (χ2n) is 4.26. The minimum absolute atomic E-state index is 0.214. The number of ether oxygens (including phenoxy) is 1. The van der Waals surface area contributed by atoms with E-state index in [9.17, 15) is 4.79 Å². The molecule has 0 aliphatic carbocycles. The Hall–Kier alpha value is -2.40. The molecule has 0 bridgehead atoms. The third-order valence-electron chi connectivity index (χ3n) is 2.86. The van der Waals surface area contributed by atoms with Crippen LogP contribution in [0.3, 0.4) is 0 Å². The third kappa shape index (κ3) is 2.73. The fourth-order valence-electron chi connectivity index (χ4n) is 1.95. The van der Waals surface area contributed by atoms with Crippen LogP contribution in [0.25, 0.3) is 22.1 Å². The van der Waals surface area contributed by atoms with Crippen molar-refractivity contribution in [1.82, 2.24) is 4.98 Å². The first-order valence-corrected chi connectivity index (χ1v) is 7.44. The summed E-state index contributed by atoms with van der Waals surface area (Å²) in [5, 5.41) is 1.94. The molecule has 106 valence electrons. The number of rotatable bonds is 4. The molecule has 0 aliphatic heterocycles. The maximum atomic E-state index is 12.1. The minimum Gasteiger partial charge on any atom is -0.461 e. The Morgan fingerprint density at radius 2 is 2.05 bits per heavy atom. The van der Waals surface area contributed by atoms with E-state index in [1.54, 1.807) is 6.92 Å². The lowest BCUT2D eigenvalue weighted by molar-refractivity contribution is 0.0520. The second-order valence-corrected chi connectivity index (χ2v) is 5.21. The van der Waals surface area contributed by atoms with Gasteiger partial charge in [-0.15, -0.1) is 11.3 Å². The molecule has 2 aromatic heterocycles. The molecule has 0 unspecified atom stereocenters. The molecule has 3 aromatic rings. The van der Waals surface area contributed by atoms with Crippen molar-refractivity contribution >= 4 is 17.3 Å². The average Bonchev–Trinajstić information content (AvgIpc) is 3.17. The number of hydrogen-bond donors (Lipinski definition) is 0. The number of aromatic nitrogens is 1. The van der Waals surface area contributed by atoms with Crippen LogP contribution in [0.4, 0.5) is 0 Å². The van der Waals surface area contributed by atoms with Gasteiger partial charge in [0.1, 0.15) is 0 Å². The van der Waals surface area contributed by atoms with E-state index in [-0.39, 0.29) is 5.69 Å². The van der Waals surface area contributed by atoms with Gasteiger partial charge in [0.15, 0.2) is 11.5 Å². The monoisotopic (exact) mass is 299 g/mol. The normalized spacial score (nSPS) is 10.5. The summed E-state index contributed by atoms with van der Waals surface area (Å²) < 4.78 is 10.9. The molecule has 0 atom stereocenters. The Bertz CT molecular complexity index is 732. The summed E-state index contributed by atoms with van der Waals surface area (Å²) in [5.74, 6) is 0.410. The van der Waals surface area contributed by atoms with Crippen molar-refractivity contribution in [3.8, 4) is 22.1 Å². The van der Waals surface area contributed by atoms with E-state index >= 15 is 0 Å². The first kappa shape index (κ1) is 13.6. The molecule has 0 radical (unpaired) electrons. The highest BCUT2D eigenvalue weighted by Gasteiger charge is 2.23. The van der Waals surface area contributed by atoms with Crippen molar-refractivity contribution in [1.29, 1.82) is 0 Å². The standard InChI is InChI=1S/C16H13NO3S/c1-2-19-16(18)13-14(11-7-4-3-5-8-11)20-15(17-13)12-9-6-10-21-12/h3-10H,2H2,1H3. The lowest BCUT2D eigenvalue weighted by atomic mass is 10.1. The quantitative estimate of drug-likeness (QED) is 0.676. The summed E-state index contributed by atoms with van der Waals surface area (Å²) in [4.78, 5) is 17.3. The van der Waals surface area contributed by atoms with Crippen LogP contribution in [0, 0.1) is 0 Å². The minimum atomic E-state index is -0.470. The lowest BCUT2D eigenvalue weighted by Gasteiger charge is -2.00. The van der Waals surface area contributed by atoms with Crippen molar-refractivity contribution in [2.24, 2.45) is 0 Å². The Balaban J connectivity index is 2.10. The molecule has 0 saturated carbocycles. The van der Waals surface area contributed by atoms with E-state index in [0.717, 1.165) is 10.4 Å². The largest absolute Gasteiger partial charge is 0.461 e. The van der Waals surface area contributed by atoms with Crippen LogP contribution in [-0.4, -0.2) is 17.6 Å². The fourth-order valence-corrected chi connectivity index (χ4v) is 2.60. The fraction of sp³-hybridized carbons (Fsp3) is 0.125. The predicted molar refractivity (Wildman–Crippen MR) is 81.2 cm³/mol. The van der Waals surface area contributed by atoms with Gasteiger partial charge < -0.3 is 9.15 Å². The van der Waals surface area contributed by atoms with Crippen molar-refractivity contribution < 1.29 is 13.9 Å². The summed E-state index contributed by atoms with van der Waals surface area (Å²) in [5.41, 5.74) is 1.02. The van der Waals surface area contributed by atoms with Crippen LogP contribution >= 0.6 is 11.3 Å². The van der Waals surface area contributed by atoms with Gasteiger partial charge in [-0.05, 0) is 18.4 Å². The summed E-state index contributed by atoms with van der Waals surface area (Å²) in [6, 6.07) is 13.2. The number of benzene rings is 1. The van der Waals surface area contributed by atoms with Crippen LogP contribution in [0.2, 0.25) is 0 Å². The maximum absolute atomic E-state index is 12.1. The van der Waals surface area contributed by atoms with Crippen molar-refractivity contribution in [3.63, 3.8) is 0 Å². The summed E-state index contributed by atoms with van der Waals surface area (Å²) in [7, 11) is 0. The van der Waals surface area contributed by atoms with Crippen molar-refractivity contribution in [2.45, 2.75) is 6.92 Å². The van der Waals surface area contributed by atoms with Gasteiger partial charge in [0, 0.05) is 5.56 Å². The van der Waals surface area contributed by atoms with Crippen LogP contribution in [-0.2, 0) is 4.74 Å². The van der Waals surface area contributed by atoms with Gasteiger partial charge in [-0.1, -0.05) is 36.4 Å². The van der Waals surface area contributed by atoms with E-state index in [2.05, 4.69) is 4.98 Å². The summed E-state index contributed by atoms with van der Waals surface area (Å²) >= 11 is 1.51. The molecule has 0 spiro atoms. The molecule has 0 saturated heterocycles. The smallest absolute Gasteiger partial charge is 0.361 e. The summed E-state index contributed by atoms with van der Waals surface area (Å²) in [6.45, 7) is 2.06. The SMILES string of the molecule is CCOC(=O)c1nc(-c2cccs2)oc1-c1ccccc1. The Labute approximate surface area is 126 Å². The van der Waals surface area contributed by atoms with Crippen LogP contribution in [0.1, 0.15) is 17.4 Å². The van der Waals surface area contributed by atoms with E-state index in [4.69, 9.17) is 9.15 Å². The highest BCUT2D eigenvalue weighted by molar-refractivity contribution is 7.13. The van der Waals surface area contributed by atoms with Gasteiger partial charge in [0.05, 0.1) is 11.5 Å². The van der Waals surface area contributed by atoms with Crippen LogP contribution in [0.15, 0.2) is 52.3 Å². The second kappa shape index (κ2) is 5.93. The number of thiophene rings is 1. The molecule has 4 nitrogen and oxygen atoms in total. The molecular weight excluding hydrogens is 286 g/mol. The zero-order chi connectivity index (χ0) is 14.7. The molecule has 0 aliphatic rings. The molecule has 0 fully saturated rings. The first-order valence-electron chi connectivity index (χ1n) is 6.57. The Kier molecular flexibility index (Phi) is 3.83. The van der Waals surface area contributed by atoms with E-state index in [0.29, 0.717) is 18.3 Å². The van der Waals surface area contributed by atoms with E-state index < -0.39 is 5.97 Å². The van der Waals surface area contributed by atoms with Gasteiger partial charge in [0.25, 0.3) is 0 Å². The molecule has 0 amide bonds. The number of oxazole rings is 1. The molecule has 1 aromatic carbocycles. The zero-order valence-corrected chi connectivity index (χ0v) is 12.2. The predicted octanol–water partition coefficient (Wildman–Crippen LogP) is 4.25. The highest BCUT2D eigenvalue weighted by Crippen LogP contribution is 2.32. The third-order valence-corrected chi connectivity index (χ3v) is 3.72. The number of esters is 1. The Morgan fingerprint density at radius 3 is 2.71 bits per heavy atom. The van der Waals surface area contributed by atoms with E-state index in [1.807, 2.05) is 47.8 Å². The number of carbonyl (C=O) groups excluding carboxylic acids is 1. The van der Waals surface area contributed by atoms with Gasteiger partial charge in [0.2, 0.25) is 5.89 Å². The van der Waals surface area contributed by atoms with Gasteiger partial charge in [-0.3, -0.25) is 0 Å². The van der Waals surface area contributed by atoms with Crippen LogP contribution in [0.5, 0.6) is 0 Å². The lowest BCUT2D eigenvalue weighted by Crippen LogP contribution is -2.06. The number of carbonyl (C=O) groups is 1. The van der Waals surface area contributed by atoms with Crippen molar-refractivity contribution in [2.75, 3.05) is 6.61 Å². The van der Waals surface area contributed by atoms with E-state index in [1.165, 1.54) is 11.3 Å². The van der Waals surface area contributed by atoms with Crippen LogP contribution < -0.4 is 0 Å². The van der Waals surface area contributed by atoms with Crippen molar-refractivity contribution in [3.05, 3.63) is 53.5 Å². The molecule has 2 heterocycles. The number of hydrogen-bond acceptors (Lipinski definition) is 5. The first-order chi connectivity index (χ1) is 10.3.